The number of aromatic nitrogens is 2. The lowest BCUT2D eigenvalue weighted by Gasteiger charge is -2.41. The highest BCUT2D eigenvalue weighted by Crippen LogP contribution is 2.32. The molecule has 1 aliphatic rings. The largest absolute Gasteiger partial charge is 0.354 e. The highest BCUT2D eigenvalue weighted by Gasteiger charge is 2.31. The van der Waals surface area contributed by atoms with Gasteiger partial charge in [-0.2, -0.15) is 0 Å². The number of piperazine rings is 1. The van der Waals surface area contributed by atoms with Gasteiger partial charge < -0.3 is 15.1 Å². The van der Waals surface area contributed by atoms with E-state index in [0.717, 1.165) is 5.56 Å². The Balaban J connectivity index is 2.02. The second-order valence-corrected chi connectivity index (χ2v) is 7.29. The molecule has 3 amide bonds. The highest BCUT2D eigenvalue weighted by atomic mass is 35.5. The Labute approximate surface area is 179 Å². The van der Waals surface area contributed by atoms with Gasteiger partial charge in [-0.25, -0.2) is 9.97 Å². The van der Waals surface area contributed by atoms with Crippen molar-refractivity contribution in [3.63, 3.8) is 0 Å². The minimum Gasteiger partial charge on any atom is -0.354 e. The van der Waals surface area contributed by atoms with Gasteiger partial charge in [0.05, 0.1) is 11.7 Å². The first-order chi connectivity index (χ1) is 14.3. The summed E-state index contributed by atoms with van der Waals surface area (Å²) in [6, 6.07) is 6.58. The van der Waals surface area contributed by atoms with Crippen molar-refractivity contribution in [2.24, 2.45) is 0 Å². The van der Waals surface area contributed by atoms with Gasteiger partial charge in [0, 0.05) is 44.2 Å². The van der Waals surface area contributed by atoms with Crippen LogP contribution in [0.2, 0.25) is 5.02 Å². The molecule has 1 aromatic heterocycles. The molecular formula is C21H22ClN5O3. The molecule has 1 fully saturated rings. The van der Waals surface area contributed by atoms with Crippen LogP contribution in [0.5, 0.6) is 0 Å². The van der Waals surface area contributed by atoms with Crippen molar-refractivity contribution in [2.45, 2.75) is 13.0 Å². The Morgan fingerprint density at radius 2 is 1.97 bits per heavy atom. The van der Waals surface area contributed by atoms with Crippen molar-refractivity contribution in [1.82, 2.24) is 25.1 Å². The van der Waals surface area contributed by atoms with Crippen LogP contribution in [0.3, 0.4) is 0 Å². The van der Waals surface area contributed by atoms with Gasteiger partial charge in [-0.05, 0) is 35.9 Å². The van der Waals surface area contributed by atoms with Crippen LogP contribution in [0.4, 0.5) is 0 Å². The van der Waals surface area contributed by atoms with E-state index in [9.17, 15) is 14.4 Å². The Morgan fingerprint density at radius 1 is 1.20 bits per heavy atom. The van der Waals surface area contributed by atoms with E-state index in [-0.39, 0.29) is 29.5 Å². The van der Waals surface area contributed by atoms with Crippen LogP contribution >= 0.6 is 11.6 Å². The molecule has 0 bridgehead atoms. The molecule has 2 aromatic rings. The topological polar surface area (TPSA) is 95.5 Å². The number of nitrogens with zero attached hydrogens (tertiary/aromatic N) is 4. The van der Waals surface area contributed by atoms with Crippen molar-refractivity contribution in [3.05, 3.63) is 59.5 Å². The first-order valence-corrected chi connectivity index (χ1v) is 9.75. The molecular weight excluding hydrogens is 406 g/mol. The van der Waals surface area contributed by atoms with Crippen molar-refractivity contribution in [3.8, 4) is 11.3 Å². The predicted molar refractivity (Wildman–Crippen MR) is 113 cm³/mol. The Kier molecular flexibility index (Phi) is 6.47. The average Bonchev–Trinajstić information content (AvgIpc) is 2.77. The molecule has 1 N–H and O–H groups in total. The molecule has 1 atom stereocenters. The van der Waals surface area contributed by atoms with Crippen LogP contribution in [0, 0.1) is 0 Å². The zero-order valence-corrected chi connectivity index (χ0v) is 17.5. The highest BCUT2D eigenvalue weighted by molar-refractivity contribution is 6.31. The van der Waals surface area contributed by atoms with Gasteiger partial charge in [-0.3, -0.25) is 14.4 Å². The fraction of sp³-hybridized carbons (Fsp3) is 0.286. The number of rotatable bonds is 4. The van der Waals surface area contributed by atoms with Gasteiger partial charge in [0.15, 0.2) is 0 Å². The van der Waals surface area contributed by atoms with Gasteiger partial charge >= 0.3 is 0 Å². The summed E-state index contributed by atoms with van der Waals surface area (Å²) in [7, 11) is 1.53. The predicted octanol–water partition coefficient (Wildman–Crippen LogP) is 2.07. The fourth-order valence-corrected chi connectivity index (χ4v) is 3.74. The number of hydrogen-bond acceptors (Lipinski definition) is 5. The third kappa shape index (κ3) is 4.49. The summed E-state index contributed by atoms with van der Waals surface area (Å²) in [5, 5.41) is 2.99. The standard InChI is InChI=1S/C21H22ClN5O3/c1-4-20(29)26-5-6-27(13(2)28)19(11-26)15-7-14(8-16(22)9-15)17-10-18(21(30)23-3)25-12-24-17/h4,7-10,12,19H,1,5-6,11H2,2-3H3,(H,23,30)/t19-/m1/s1. The number of carbonyl (C=O) groups is 3. The summed E-state index contributed by atoms with van der Waals surface area (Å²) >= 11 is 6.38. The average molecular weight is 428 g/mol. The quantitative estimate of drug-likeness (QED) is 0.753. The van der Waals surface area contributed by atoms with Crippen LogP contribution in [-0.4, -0.2) is 64.2 Å². The SMILES string of the molecule is C=CC(=O)N1CCN(C(C)=O)[C@@H](c2cc(Cl)cc(-c3cc(C(=O)NC)ncn3)c2)C1. The molecule has 0 saturated carbocycles. The number of nitrogens with one attached hydrogen (secondary N) is 1. The summed E-state index contributed by atoms with van der Waals surface area (Å²) in [5.41, 5.74) is 2.21. The molecule has 3 rings (SSSR count). The number of halogens is 1. The van der Waals surface area contributed by atoms with Crippen LogP contribution in [0.25, 0.3) is 11.3 Å². The van der Waals surface area contributed by atoms with Gasteiger partial charge in [-0.1, -0.05) is 18.2 Å². The van der Waals surface area contributed by atoms with E-state index in [2.05, 4.69) is 21.9 Å². The van der Waals surface area contributed by atoms with E-state index < -0.39 is 0 Å². The first-order valence-electron chi connectivity index (χ1n) is 9.37. The fourth-order valence-electron chi connectivity index (χ4n) is 3.49. The van der Waals surface area contributed by atoms with E-state index in [1.54, 1.807) is 28.0 Å². The molecule has 0 aliphatic carbocycles. The van der Waals surface area contributed by atoms with Crippen LogP contribution in [-0.2, 0) is 9.59 Å². The molecule has 0 spiro atoms. The zero-order chi connectivity index (χ0) is 21.8. The summed E-state index contributed by atoms with van der Waals surface area (Å²) in [6.45, 7) is 6.23. The van der Waals surface area contributed by atoms with Gasteiger partial charge in [0.1, 0.15) is 12.0 Å². The summed E-state index contributed by atoms with van der Waals surface area (Å²) in [6.07, 6.45) is 2.58. The van der Waals surface area contributed by atoms with E-state index in [4.69, 9.17) is 11.6 Å². The lowest BCUT2D eigenvalue weighted by molar-refractivity contribution is -0.139. The van der Waals surface area contributed by atoms with E-state index in [1.165, 1.54) is 26.4 Å². The normalized spacial score (nSPS) is 16.2. The molecule has 0 unspecified atom stereocenters. The minimum absolute atomic E-state index is 0.0869. The van der Waals surface area contributed by atoms with E-state index >= 15 is 0 Å². The van der Waals surface area contributed by atoms with Crippen molar-refractivity contribution < 1.29 is 14.4 Å². The number of amides is 3. The molecule has 156 valence electrons. The summed E-state index contributed by atoms with van der Waals surface area (Å²) in [4.78, 5) is 47.9. The number of benzene rings is 1. The van der Waals surface area contributed by atoms with Crippen LogP contribution in [0.1, 0.15) is 29.0 Å². The first kappa shape index (κ1) is 21.4. The molecule has 1 saturated heterocycles. The maximum atomic E-state index is 12.2. The smallest absolute Gasteiger partial charge is 0.269 e. The van der Waals surface area contributed by atoms with Gasteiger partial charge in [0.25, 0.3) is 5.91 Å². The third-order valence-corrected chi connectivity index (χ3v) is 5.22. The molecule has 30 heavy (non-hydrogen) atoms. The van der Waals surface area contributed by atoms with E-state index in [1.807, 2.05) is 6.07 Å². The summed E-state index contributed by atoms with van der Waals surface area (Å²) < 4.78 is 0. The van der Waals surface area contributed by atoms with Crippen molar-refractivity contribution in [1.29, 1.82) is 0 Å². The zero-order valence-electron chi connectivity index (χ0n) is 16.8. The van der Waals surface area contributed by atoms with Gasteiger partial charge in [-0.15, -0.1) is 0 Å². The van der Waals surface area contributed by atoms with Crippen molar-refractivity contribution >= 4 is 29.3 Å². The Morgan fingerprint density at radius 3 is 2.63 bits per heavy atom. The molecule has 2 heterocycles. The lowest BCUT2D eigenvalue weighted by Crippen LogP contribution is -2.51. The second kappa shape index (κ2) is 9.04. The van der Waals surface area contributed by atoms with Crippen LogP contribution < -0.4 is 5.32 Å². The maximum Gasteiger partial charge on any atom is 0.269 e. The molecule has 9 heteroatoms. The Hall–Kier alpha value is -3.26. The second-order valence-electron chi connectivity index (χ2n) is 6.86. The molecule has 1 aromatic carbocycles. The lowest BCUT2D eigenvalue weighted by atomic mass is 9.98. The third-order valence-electron chi connectivity index (χ3n) is 5.00. The maximum absolute atomic E-state index is 12.2. The molecule has 1 aliphatic heterocycles. The van der Waals surface area contributed by atoms with Crippen LogP contribution in [0.15, 0.2) is 43.2 Å². The minimum atomic E-state index is -0.363. The molecule has 8 nitrogen and oxygen atoms in total. The molecule has 0 radical (unpaired) electrons. The summed E-state index contributed by atoms with van der Waals surface area (Å²) in [5.74, 6) is -0.595. The number of carbonyl (C=O) groups excluding carboxylic acids is 3. The number of hydrogen-bond donors (Lipinski definition) is 1. The Bertz CT molecular complexity index is 1010. The van der Waals surface area contributed by atoms with E-state index in [0.29, 0.717) is 35.9 Å². The van der Waals surface area contributed by atoms with Crippen molar-refractivity contribution in [2.75, 3.05) is 26.7 Å². The van der Waals surface area contributed by atoms with Gasteiger partial charge in [0.2, 0.25) is 11.8 Å². The monoisotopic (exact) mass is 427 g/mol.